The molecule has 0 aromatic heterocycles. The van der Waals surface area contributed by atoms with Crippen molar-refractivity contribution < 1.29 is 14.3 Å². The maximum absolute atomic E-state index is 11.3. The maximum Gasteiger partial charge on any atom is 0.151 e. The fraction of sp³-hybridized carbons (Fsp3) is 0.974. The predicted molar refractivity (Wildman–Crippen MR) is 186 cm³/mol. The molecule has 252 valence electrons. The van der Waals surface area contributed by atoms with E-state index in [4.69, 9.17) is 9.47 Å². The highest BCUT2D eigenvalue weighted by Gasteiger charge is 2.07. The highest BCUT2D eigenvalue weighted by molar-refractivity contribution is 5.56. The molecule has 0 rings (SSSR count). The van der Waals surface area contributed by atoms with Crippen molar-refractivity contribution in [3.63, 3.8) is 0 Å². The van der Waals surface area contributed by atoms with Gasteiger partial charge in [-0.2, -0.15) is 0 Å². The molecule has 0 aliphatic carbocycles. The van der Waals surface area contributed by atoms with Crippen LogP contribution in [0.3, 0.4) is 0 Å². The Morgan fingerprint density at radius 3 is 0.929 bits per heavy atom. The van der Waals surface area contributed by atoms with Gasteiger partial charge >= 0.3 is 0 Å². The molecule has 0 spiro atoms. The minimum absolute atomic E-state index is 0.387. The van der Waals surface area contributed by atoms with E-state index in [0.29, 0.717) is 13.2 Å². The van der Waals surface area contributed by atoms with Gasteiger partial charge in [-0.05, 0) is 12.8 Å². The Labute approximate surface area is 265 Å². The molecule has 0 aliphatic rings. The molecule has 0 N–H and O–H groups in total. The first kappa shape index (κ1) is 41.6. The van der Waals surface area contributed by atoms with Gasteiger partial charge in [0.2, 0.25) is 0 Å². The zero-order valence-electron chi connectivity index (χ0n) is 29.1. The molecule has 0 amide bonds. The third kappa shape index (κ3) is 35.8. The van der Waals surface area contributed by atoms with Crippen molar-refractivity contribution in [2.75, 3.05) is 19.8 Å². The van der Waals surface area contributed by atoms with Crippen LogP contribution in [-0.4, -0.2) is 32.2 Å². The molecule has 42 heavy (non-hydrogen) atoms. The number of rotatable bonds is 38. The zero-order valence-corrected chi connectivity index (χ0v) is 29.1. The Morgan fingerprint density at radius 1 is 0.381 bits per heavy atom. The second kappa shape index (κ2) is 38.6. The van der Waals surface area contributed by atoms with Crippen molar-refractivity contribution in [1.29, 1.82) is 0 Å². The van der Waals surface area contributed by atoms with Gasteiger partial charge in [0, 0.05) is 13.2 Å². The first-order chi connectivity index (χ1) is 20.8. The van der Waals surface area contributed by atoms with E-state index in [2.05, 4.69) is 13.8 Å². The quantitative estimate of drug-likeness (QED) is 0.0527. The Morgan fingerprint density at radius 2 is 0.643 bits per heavy atom. The second-order valence-corrected chi connectivity index (χ2v) is 13.2. The summed E-state index contributed by atoms with van der Waals surface area (Å²) in [5, 5.41) is 0. The van der Waals surface area contributed by atoms with Gasteiger partial charge in [-0.15, -0.1) is 0 Å². The molecular formula is C39H78O3. The lowest BCUT2D eigenvalue weighted by Gasteiger charge is -2.12. The molecule has 1 atom stereocenters. The summed E-state index contributed by atoms with van der Waals surface area (Å²) in [5.41, 5.74) is 0. The topological polar surface area (TPSA) is 35.5 Å². The summed E-state index contributed by atoms with van der Waals surface area (Å²) < 4.78 is 11.5. The van der Waals surface area contributed by atoms with Crippen LogP contribution in [-0.2, 0) is 14.3 Å². The maximum atomic E-state index is 11.3. The van der Waals surface area contributed by atoms with Gasteiger partial charge < -0.3 is 14.3 Å². The van der Waals surface area contributed by atoms with E-state index in [1.54, 1.807) is 0 Å². The highest BCUT2D eigenvalue weighted by atomic mass is 16.5. The third-order valence-corrected chi connectivity index (χ3v) is 8.91. The van der Waals surface area contributed by atoms with Crippen molar-refractivity contribution >= 4 is 6.29 Å². The smallest absolute Gasteiger partial charge is 0.151 e. The number of carbonyl (C=O) groups is 1. The van der Waals surface area contributed by atoms with Crippen molar-refractivity contribution in [3.8, 4) is 0 Å². The minimum atomic E-state index is -0.387. The molecule has 0 aromatic carbocycles. The molecule has 0 saturated carbocycles. The van der Waals surface area contributed by atoms with Gasteiger partial charge in [0.25, 0.3) is 0 Å². The van der Waals surface area contributed by atoms with E-state index >= 15 is 0 Å². The molecular weight excluding hydrogens is 516 g/mol. The SMILES string of the molecule is CCCCCCCCCCCCCCCCCCOC[C@H](C=O)OCCCCCCCCCCCCCCCCCC. The Balaban J connectivity index is 3.25. The number of hydrogen-bond donors (Lipinski definition) is 0. The lowest BCUT2D eigenvalue weighted by Crippen LogP contribution is -2.22. The Bertz CT molecular complexity index is 480. The third-order valence-electron chi connectivity index (χ3n) is 8.91. The molecule has 0 saturated heterocycles. The van der Waals surface area contributed by atoms with E-state index in [-0.39, 0.29) is 6.10 Å². The largest absolute Gasteiger partial charge is 0.378 e. The first-order valence-electron chi connectivity index (χ1n) is 19.5. The molecule has 0 aromatic rings. The van der Waals surface area contributed by atoms with Gasteiger partial charge in [0.05, 0.1) is 6.61 Å². The molecule has 0 heterocycles. The summed E-state index contributed by atoms with van der Waals surface area (Å²) in [6, 6.07) is 0. The van der Waals surface area contributed by atoms with Crippen LogP contribution in [0.5, 0.6) is 0 Å². The van der Waals surface area contributed by atoms with Crippen LogP contribution in [0.25, 0.3) is 0 Å². The summed E-state index contributed by atoms with van der Waals surface area (Å²) in [5.74, 6) is 0. The highest BCUT2D eigenvalue weighted by Crippen LogP contribution is 2.15. The van der Waals surface area contributed by atoms with Crippen LogP contribution in [0.15, 0.2) is 0 Å². The summed E-state index contributed by atoms with van der Waals surface area (Å²) in [7, 11) is 0. The van der Waals surface area contributed by atoms with Crippen LogP contribution in [0, 0.1) is 0 Å². The summed E-state index contributed by atoms with van der Waals surface area (Å²) in [6.45, 7) is 6.44. The minimum Gasteiger partial charge on any atom is -0.378 e. The number of unbranched alkanes of at least 4 members (excludes halogenated alkanes) is 30. The van der Waals surface area contributed by atoms with E-state index in [1.165, 1.54) is 193 Å². The van der Waals surface area contributed by atoms with Crippen molar-refractivity contribution in [2.24, 2.45) is 0 Å². The molecule has 3 nitrogen and oxygen atoms in total. The molecule has 3 heteroatoms. The lowest BCUT2D eigenvalue weighted by molar-refractivity contribution is -0.122. The van der Waals surface area contributed by atoms with Crippen LogP contribution in [0.1, 0.15) is 219 Å². The standard InChI is InChI=1S/C39H78O3/c1-3-5-7-9-11-13-15-17-19-21-23-25-27-29-31-33-35-41-38-39(37-40)42-36-34-32-30-28-26-24-22-20-18-16-14-12-10-8-6-4-2/h37,39H,3-36,38H2,1-2H3/t39-/m0/s1. The summed E-state index contributed by atoms with van der Waals surface area (Å²) in [6.07, 6.45) is 44.6. The number of ether oxygens (including phenoxy) is 2. The van der Waals surface area contributed by atoms with Crippen LogP contribution >= 0.6 is 0 Å². The van der Waals surface area contributed by atoms with Gasteiger partial charge in [0.1, 0.15) is 6.10 Å². The monoisotopic (exact) mass is 595 g/mol. The lowest BCUT2D eigenvalue weighted by atomic mass is 10.0. The van der Waals surface area contributed by atoms with Gasteiger partial charge in [-0.25, -0.2) is 0 Å². The Kier molecular flexibility index (Phi) is 38.2. The first-order valence-corrected chi connectivity index (χ1v) is 19.5. The Hall–Kier alpha value is -0.410. The van der Waals surface area contributed by atoms with Crippen LogP contribution < -0.4 is 0 Å². The van der Waals surface area contributed by atoms with Crippen molar-refractivity contribution in [1.82, 2.24) is 0 Å². The van der Waals surface area contributed by atoms with E-state index < -0.39 is 0 Å². The fourth-order valence-electron chi connectivity index (χ4n) is 5.96. The molecule has 0 radical (unpaired) electrons. The average molecular weight is 595 g/mol. The van der Waals surface area contributed by atoms with Gasteiger partial charge in [0.15, 0.2) is 6.29 Å². The van der Waals surface area contributed by atoms with Crippen molar-refractivity contribution in [2.45, 2.75) is 225 Å². The normalized spacial score (nSPS) is 12.2. The van der Waals surface area contributed by atoms with E-state index in [1.807, 2.05) is 0 Å². The van der Waals surface area contributed by atoms with Crippen LogP contribution in [0.2, 0.25) is 0 Å². The predicted octanol–water partition coefficient (Wildman–Crippen LogP) is 13.1. The number of aldehydes is 1. The van der Waals surface area contributed by atoms with Gasteiger partial charge in [-0.1, -0.05) is 206 Å². The zero-order chi connectivity index (χ0) is 30.4. The number of hydrogen-bond acceptors (Lipinski definition) is 3. The van der Waals surface area contributed by atoms with Gasteiger partial charge in [-0.3, -0.25) is 0 Å². The fourth-order valence-corrected chi connectivity index (χ4v) is 5.96. The van der Waals surface area contributed by atoms with E-state index in [0.717, 1.165) is 25.7 Å². The van der Waals surface area contributed by atoms with E-state index in [9.17, 15) is 4.79 Å². The molecule has 0 unspecified atom stereocenters. The van der Waals surface area contributed by atoms with Crippen molar-refractivity contribution in [3.05, 3.63) is 0 Å². The molecule has 0 fully saturated rings. The summed E-state index contributed by atoms with van der Waals surface area (Å²) in [4.78, 5) is 11.3. The van der Waals surface area contributed by atoms with Crippen LogP contribution in [0.4, 0.5) is 0 Å². The number of carbonyl (C=O) groups excluding carboxylic acids is 1. The second-order valence-electron chi connectivity index (χ2n) is 13.2. The summed E-state index contributed by atoms with van der Waals surface area (Å²) >= 11 is 0. The average Bonchev–Trinajstić information content (AvgIpc) is 3.00. The molecule has 0 bridgehead atoms. The molecule has 0 aliphatic heterocycles.